The molecule has 23 heavy (non-hydrogen) atoms. The van der Waals surface area contributed by atoms with Crippen molar-refractivity contribution in [1.29, 1.82) is 0 Å². The van der Waals surface area contributed by atoms with E-state index < -0.39 is 0 Å². The molecule has 4 nitrogen and oxygen atoms in total. The summed E-state index contributed by atoms with van der Waals surface area (Å²) in [5.74, 6) is 0.780. The number of anilines is 1. The number of ether oxygens (including phenoxy) is 1. The average molecular weight is 353 g/mol. The molecule has 0 heterocycles. The maximum Gasteiger partial charge on any atom is 0.319 e. The van der Waals surface area contributed by atoms with Crippen LogP contribution in [0.3, 0.4) is 0 Å². The van der Waals surface area contributed by atoms with Crippen molar-refractivity contribution in [1.82, 2.24) is 5.32 Å². The quantitative estimate of drug-likeness (QED) is 0.736. The molecule has 0 atom stereocenters. The number of hydrogen-bond donors (Lipinski definition) is 2. The van der Waals surface area contributed by atoms with Crippen molar-refractivity contribution in [3.63, 3.8) is 0 Å². The Bertz CT molecular complexity index is 660. The van der Waals surface area contributed by atoms with Crippen LogP contribution in [0.2, 0.25) is 10.0 Å². The Kier molecular flexibility index (Phi) is 6.56. The van der Waals surface area contributed by atoms with Crippen LogP contribution in [0, 0.1) is 0 Å². The summed E-state index contributed by atoms with van der Waals surface area (Å²) in [4.78, 5) is 11.8. The first-order chi connectivity index (χ1) is 11.1. The van der Waals surface area contributed by atoms with Crippen LogP contribution < -0.4 is 15.4 Å². The van der Waals surface area contributed by atoms with E-state index in [0.29, 0.717) is 28.9 Å². The number of aryl methyl sites for hydroxylation is 1. The molecule has 0 aromatic heterocycles. The van der Waals surface area contributed by atoms with E-state index in [1.807, 2.05) is 24.3 Å². The van der Waals surface area contributed by atoms with Crippen molar-refractivity contribution in [3.8, 4) is 5.75 Å². The van der Waals surface area contributed by atoms with Gasteiger partial charge in [0.1, 0.15) is 12.4 Å². The van der Waals surface area contributed by atoms with Gasteiger partial charge in [-0.1, -0.05) is 48.3 Å². The van der Waals surface area contributed by atoms with Gasteiger partial charge in [0.2, 0.25) is 0 Å². The summed E-state index contributed by atoms with van der Waals surface area (Å²) in [6, 6.07) is 12.6. The van der Waals surface area contributed by atoms with Crippen LogP contribution in [0.25, 0.3) is 0 Å². The first kappa shape index (κ1) is 17.4. The molecule has 2 rings (SSSR count). The highest BCUT2D eigenvalue weighted by Gasteiger charge is 2.07. The van der Waals surface area contributed by atoms with Crippen LogP contribution in [-0.4, -0.2) is 19.2 Å². The van der Waals surface area contributed by atoms with Gasteiger partial charge in [-0.3, -0.25) is 0 Å². The average Bonchev–Trinajstić information content (AvgIpc) is 2.56. The molecule has 0 saturated carbocycles. The molecule has 2 amide bonds. The number of rotatable bonds is 6. The Morgan fingerprint density at radius 2 is 1.87 bits per heavy atom. The second-order valence-corrected chi connectivity index (χ2v) is 5.61. The summed E-state index contributed by atoms with van der Waals surface area (Å²) in [6.07, 6.45) is 0.994. The summed E-state index contributed by atoms with van der Waals surface area (Å²) < 4.78 is 5.56. The molecule has 2 aromatic carbocycles. The van der Waals surface area contributed by atoms with Crippen molar-refractivity contribution in [2.24, 2.45) is 0 Å². The van der Waals surface area contributed by atoms with Crippen LogP contribution in [0.5, 0.6) is 5.75 Å². The highest BCUT2D eigenvalue weighted by molar-refractivity contribution is 6.43. The van der Waals surface area contributed by atoms with Crippen LogP contribution in [0.15, 0.2) is 42.5 Å². The second kappa shape index (κ2) is 8.65. The smallest absolute Gasteiger partial charge is 0.319 e. The third-order valence-corrected chi connectivity index (χ3v) is 4.01. The third kappa shape index (κ3) is 5.34. The molecule has 0 saturated heterocycles. The summed E-state index contributed by atoms with van der Waals surface area (Å²) in [7, 11) is 0. The molecule has 2 N–H and O–H groups in total. The van der Waals surface area contributed by atoms with E-state index in [4.69, 9.17) is 27.9 Å². The van der Waals surface area contributed by atoms with Crippen molar-refractivity contribution >= 4 is 34.9 Å². The molecule has 0 radical (unpaired) electrons. The summed E-state index contributed by atoms with van der Waals surface area (Å²) in [5.41, 5.74) is 1.72. The number of nitrogens with one attached hydrogen (secondary N) is 2. The van der Waals surface area contributed by atoms with Gasteiger partial charge in [0, 0.05) is 0 Å². The molecule has 122 valence electrons. The monoisotopic (exact) mass is 352 g/mol. The van der Waals surface area contributed by atoms with Crippen LogP contribution in [0.1, 0.15) is 12.5 Å². The van der Waals surface area contributed by atoms with Crippen LogP contribution in [-0.2, 0) is 6.42 Å². The van der Waals surface area contributed by atoms with Crippen molar-refractivity contribution in [2.45, 2.75) is 13.3 Å². The lowest BCUT2D eigenvalue weighted by atomic mass is 10.2. The fourth-order valence-electron chi connectivity index (χ4n) is 1.92. The Hall–Kier alpha value is -1.91. The first-order valence-corrected chi connectivity index (χ1v) is 8.06. The predicted molar refractivity (Wildman–Crippen MR) is 94.8 cm³/mol. The maximum absolute atomic E-state index is 11.8. The summed E-state index contributed by atoms with van der Waals surface area (Å²) in [6.45, 7) is 2.85. The number of hydrogen-bond acceptors (Lipinski definition) is 2. The zero-order chi connectivity index (χ0) is 16.7. The topological polar surface area (TPSA) is 50.4 Å². The fraction of sp³-hybridized carbons (Fsp3) is 0.235. The largest absolute Gasteiger partial charge is 0.492 e. The number of urea groups is 1. The highest BCUT2D eigenvalue weighted by atomic mass is 35.5. The highest BCUT2D eigenvalue weighted by Crippen LogP contribution is 2.29. The number of benzene rings is 2. The first-order valence-electron chi connectivity index (χ1n) is 7.30. The lowest BCUT2D eigenvalue weighted by Gasteiger charge is -2.10. The Morgan fingerprint density at radius 3 is 2.57 bits per heavy atom. The standard InChI is InChI=1S/C17H18Cl2N2O2/c1-2-12-6-8-13(9-7-12)23-11-10-20-17(22)21-15-5-3-4-14(18)16(15)19/h3-9H,2,10-11H2,1H3,(H2,20,21,22). The molecule has 0 aliphatic rings. The Balaban J connectivity index is 1.73. The minimum absolute atomic E-state index is 0.316. The minimum Gasteiger partial charge on any atom is -0.492 e. The van der Waals surface area contributed by atoms with E-state index >= 15 is 0 Å². The van der Waals surface area contributed by atoms with Gasteiger partial charge in [0.05, 0.1) is 22.3 Å². The van der Waals surface area contributed by atoms with Crippen molar-refractivity contribution in [3.05, 3.63) is 58.1 Å². The van der Waals surface area contributed by atoms with E-state index in [1.54, 1.807) is 18.2 Å². The van der Waals surface area contributed by atoms with E-state index in [9.17, 15) is 4.79 Å². The Morgan fingerprint density at radius 1 is 1.13 bits per heavy atom. The van der Waals surface area contributed by atoms with Gasteiger partial charge in [0.15, 0.2) is 0 Å². The third-order valence-electron chi connectivity index (χ3n) is 3.19. The molecular formula is C17H18Cl2N2O2. The number of carbonyl (C=O) groups is 1. The van der Waals surface area contributed by atoms with E-state index in [0.717, 1.165) is 12.2 Å². The molecule has 0 fully saturated rings. The zero-order valence-corrected chi connectivity index (χ0v) is 14.2. The van der Waals surface area contributed by atoms with E-state index in [2.05, 4.69) is 17.6 Å². The minimum atomic E-state index is -0.362. The van der Waals surface area contributed by atoms with Gasteiger partial charge in [-0.15, -0.1) is 0 Å². The zero-order valence-electron chi connectivity index (χ0n) is 12.7. The van der Waals surface area contributed by atoms with Gasteiger partial charge in [-0.25, -0.2) is 4.79 Å². The van der Waals surface area contributed by atoms with Gasteiger partial charge in [0.25, 0.3) is 0 Å². The van der Waals surface area contributed by atoms with E-state index in [1.165, 1.54) is 5.56 Å². The van der Waals surface area contributed by atoms with Gasteiger partial charge in [-0.2, -0.15) is 0 Å². The molecule has 0 bridgehead atoms. The number of halogens is 2. The van der Waals surface area contributed by atoms with Crippen LogP contribution in [0.4, 0.5) is 10.5 Å². The number of carbonyl (C=O) groups excluding carboxylic acids is 1. The summed E-state index contributed by atoms with van der Waals surface area (Å²) >= 11 is 11.9. The van der Waals surface area contributed by atoms with Crippen LogP contribution >= 0.6 is 23.2 Å². The SMILES string of the molecule is CCc1ccc(OCCNC(=O)Nc2cccc(Cl)c2Cl)cc1. The Labute approximate surface area is 145 Å². The lowest BCUT2D eigenvalue weighted by Crippen LogP contribution is -2.32. The lowest BCUT2D eigenvalue weighted by molar-refractivity contribution is 0.247. The maximum atomic E-state index is 11.8. The molecule has 0 spiro atoms. The molecule has 0 aliphatic heterocycles. The van der Waals surface area contributed by atoms with Gasteiger partial charge in [-0.05, 0) is 36.2 Å². The second-order valence-electron chi connectivity index (χ2n) is 4.83. The molecule has 2 aromatic rings. The van der Waals surface area contributed by atoms with Crippen molar-refractivity contribution < 1.29 is 9.53 Å². The normalized spacial score (nSPS) is 10.2. The predicted octanol–water partition coefficient (Wildman–Crippen LogP) is 4.76. The number of amides is 2. The summed E-state index contributed by atoms with van der Waals surface area (Å²) in [5, 5.41) is 6.04. The van der Waals surface area contributed by atoms with E-state index in [-0.39, 0.29) is 6.03 Å². The fourth-order valence-corrected chi connectivity index (χ4v) is 2.27. The molecule has 0 aliphatic carbocycles. The molecule has 0 unspecified atom stereocenters. The molecular weight excluding hydrogens is 335 g/mol. The van der Waals surface area contributed by atoms with Crippen molar-refractivity contribution in [2.75, 3.05) is 18.5 Å². The van der Waals surface area contributed by atoms with Gasteiger partial charge < -0.3 is 15.4 Å². The molecule has 6 heteroatoms. The van der Waals surface area contributed by atoms with Gasteiger partial charge >= 0.3 is 6.03 Å².